The second-order valence-electron chi connectivity index (χ2n) is 6.83. The van der Waals surface area contributed by atoms with Crippen molar-refractivity contribution in [3.05, 3.63) is 30.1 Å². The molecule has 152 valence electrons. The predicted molar refractivity (Wildman–Crippen MR) is 109 cm³/mol. The Bertz CT molecular complexity index is 790. The van der Waals surface area contributed by atoms with Gasteiger partial charge in [0.15, 0.2) is 28.6 Å². The van der Waals surface area contributed by atoms with Crippen molar-refractivity contribution in [2.45, 2.75) is 63.4 Å². The molecular formula is C20H28N4O3S. The third-order valence-electron chi connectivity index (χ3n) is 4.85. The summed E-state index contributed by atoms with van der Waals surface area (Å²) >= 11 is 1.41. The molecule has 1 atom stereocenters. The zero-order valence-corrected chi connectivity index (χ0v) is 17.5. The first kappa shape index (κ1) is 20.5. The second kappa shape index (κ2) is 9.82. The first-order valence-corrected chi connectivity index (χ1v) is 10.8. The molecule has 0 bridgehead atoms. The smallest absolute Gasteiger partial charge is 0.230 e. The minimum Gasteiger partial charge on any atom is -0.493 e. The number of thioether (sulfide) groups is 1. The van der Waals surface area contributed by atoms with Crippen LogP contribution in [-0.4, -0.2) is 39.6 Å². The molecule has 1 aromatic heterocycles. The zero-order chi connectivity index (χ0) is 19.9. The number of benzene rings is 1. The maximum absolute atomic E-state index is 12.2. The van der Waals surface area contributed by atoms with Gasteiger partial charge in [0.25, 0.3) is 0 Å². The number of aromatic nitrogens is 3. The summed E-state index contributed by atoms with van der Waals surface area (Å²) in [7, 11) is 1.62. The number of carbonyl (C=O) groups excluding carboxylic acids is 1. The monoisotopic (exact) mass is 404 g/mol. The maximum Gasteiger partial charge on any atom is 0.230 e. The summed E-state index contributed by atoms with van der Waals surface area (Å²) in [6.45, 7) is 4.67. The minimum absolute atomic E-state index is 0.0578. The summed E-state index contributed by atoms with van der Waals surface area (Å²) in [6.07, 6.45) is 4.28. The van der Waals surface area contributed by atoms with E-state index in [1.165, 1.54) is 24.6 Å². The van der Waals surface area contributed by atoms with E-state index in [0.717, 1.165) is 23.8 Å². The number of para-hydroxylation sites is 2. The molecule has 7 nitrogen and oxygen atoms in total. The first-order chi connectivity index (χ1) is 13.6. The van der Waals surface area contributed by atoms with Crippen LogP contribution in [0.1, 0.15) is 51.5 Å². The number of nitrogens with zero attached hydrogens (tertiary/aromatic N) is 3. The van der Waals surface area contributed by atoms with Crippen molar-refractivity contribution >= 4 is 17.7 Å². The number of rotatable bonds is 9. The van der Waals surface area contributed by atoms with Crippen LogP contribution in [0.15, 0.2) is 29.4 Å². The molecule has 1 aliphatic carbocycles. The standard InChI is InChI=1S/C20H28N4O3S/c1-4-24-19(14(2)27-17-12-8-7-11-16(17)26-3)22-23-20(24)28-13-18(25)21-15-9-5-6-10-15/h7-8,11-12,14-15H,4-6,9-10,13H2,1-3H3,(H,21,25). The topological polar surface area (TPSA) is 78.3 Å². The molecule has 0 spiro atoms. The van der Waals surface area contributed by atoms with Gasteiger partial charge in [-0.05, 0) is 38.8 Å². The largest absolute Gasteiger partial charge is 0.493 e. The Morgan fingerprint density at radius 3 is 2.68 bits per heavy atom. The van der Waals surface area contributed by atoms with Crippen LogP contribution in [0, 0.1) is 0 Å². The summed E-state index contributed by atoms with van der Waals surface area (Å²) in [4.78, 5) is 12.2. The van der Waals surface area contributed by atoms with Gasteiger partial charge in [-0.2, -0.15) is 0 Å². The van der Waals surface area contributed by atoms with E-state index in [4.69, 9.17) is 9.47 Å². The first-order valence-electron chi connectivity index (χ1n) is 9.77. The van der Waals surface area contributed by atoms with E-state index < -0.39 is 0 Å². The van der Waals surface area contributed by atoms with Gasteiger partial charge in [0, 0.05) is 12.6 Å². The highest BCUT2D eigenvalue weighted by Gasteiger charge is 2.21. The lowest BCUT2D eigenvalue weighted by atomic mass is 10.2. The van der Waals surface area contributed by atoms with Gasteiger partial charge in [-0.1, -0.05) is 36.7 Å². The van der Waals surface area contributed by atoms with Crippen LogP contribution in [0.25, 0.3) is 0 Å². The fraction of sp³-hybridized carbons (Fsp3) is 0.550. The molecule has 1 fully saturated rings. The van der Waals surface area contributed by atoms with Gasteiger partial charge in [0.05, 0.1) is 12.9 Å². The van der Waals surface area contributed by atoms with Gasteiger partial charge in [0.2, 0.25) is 5.91 Å². The molecule has 3 rings (SSSR count). The van der Waals surface area contributed by atoms with Gasteiger partial charge in [-0.15, -0.1) is 10.2 Å². The summed E-state index contributed by atoms with van der Waals surface area (Å²) < 4.78 is 13.4. The lowest BCUT2D eigenvalue weighted by Gasteiger charge is -2.17. The van der Waals surface area contributed by atoms with Crippen molar-refractivity contribution < 1.29 is 14.3 Å². The van der Waals surface area contributed by atoms with Gasteiger partial charge < -0.3 is 19.4 Å². The van der Waals surface area contributed by atoms with Crippen LogP contribution in [0.4, 0.5) is 0 Å². The summed E-state index contributed by atoms with van der Waals surface area (Å²) in [5.74, 6) is 2.47. The van der Waals surface area contributed by atoms with Gasteiger partial charge in [-0.3, -0.25) is 4.79 Å². The molecular weight excluding hydrogens is 376 g/mol. The third-order valence-corrected chi connectivity index (χ3v) is 5.82. The lowest BCUT2D eigenvalue weighted by Crippen LogP contribution is -2.33. The average Bonchev–Trinajstić information content (AvgIpc) is 3.36. The van der Waals surface area contributed by atoms with Crippen LogP contribution >= 0.6 is 11.8 Å². The lowest BCUT2D eigenvalue weighted by molar-refractivity contribution is -0.119. The van der Waals surface area contributed by atoms with Gasteiger partial charge >= 0.3 is 0 Å². The Balaban J connectivity index is 1.63. The molecule has 28 heavy (non-hydrogen) atoms. The number of nitrogens with one attached hydrogen (secondary N) is 1. The van der Waals surface area contributed by atoms with E-state index in [1.54, 1.807) is 7.11 Å². The third kappa shape index (κ3) is 4.98. The van der Waals surface area contributed by atoms with Crippen molar-refractivity contribution in [2.75, 3.05) is 12.9 Å². The van der Waals surface area contributed by atoms with Crippen LogP contribution in [-0.2, 0) is 11.3 Å². The van der Waals surface area contributed by atoms with Gasteiger partial charge in [-0.25, -0.2) is 0 Å². The molecule has 0 aliphatic heterocycles. The number of ether oxygens (including phenoxy) is 2. The van der Waals surface area contributed by atoms with E-state index in [1.807, 2.05) is 42.7 Å². The molecule has 1 amide bonds. The summed E-state index contributed by atoms with van der Waals surface area (Å²) in [5, 5.41) is 12.4. The number of hydrogen-bond donors (Lipinski definition) is 1. The molecule has 1 unspecified atom stereocenters. The Morgan fingerprint density at radius 2 is 2.00 bits per heavy atom. The van der Waals surface area contributed by atoms with Crippen molar-refractivity contribution in [2.24, 2.45) is 0 Å². The van der Waals surface area contributed by atoms with E-state index >= 15 is 0 Å². The second-order valence-corrected chi connectivity index (χ2v) is 7.78. The maximum atomic E-state index is 12.2. The Morgan fingerprint density at radius 1 is 1.29 bits per heavy atom. The zero-order valence-electron chi connectivity index (χ0n) is 16.7. The van der Waals surface area contributed by atoms with E-state index in [9.17, 15) is 4.79 Å². The number of carbonyl (C=O) groups is 1. The fourth-order valence-electron chi connectivity index (χ4n) is 3.43. The van der Waals surface area contributed by atoms with Crippen molar-refractivity contribution in [1.29, 1.82) is 0 Å². The summed E-state index contributed by atoms with van der Waals surface area (Å²) in [5.41, 5.74) is 0. The highest BCUT2D eigenvalue weighted by molar-refractivity contribution is 7.99. The van der Waals surface area contributed by atoms with Crippen molar-refractivity contribution in [3.8, 4) is 11.5 Å². The normalized spacial score (nSPS) is 15.4. The molecule has 1 aliphatic rings. The highest BCUT2D eigenvalue weighted by Crippen LogP contribution is 2.31. The van der Waals surface area contributed by atoms with Crippen molar-refractivity contribution in [3.63, 3.8) is 0 Å². The van der Waals surface area contributed by atoms with Crippen molar-refractivity contribution in [1.82, 2.24) is 20.1 Å². The van der Waals surface area contributed by atoms with Crippen LogP contribution in [0.2, 0.25) is 0 Å². The molecule has 0 radical (unpaired) electrons. The van der Waals surface area contributed by atoms with Crippen LogP contribution in [0.3, 0.4) is 0 Å². The predicted octanol–water partition coefficient (Wildman–Crippen LogP) is 3.60. The molecule has 2 aromatic rings. The number of hydrogen-bond acceptors (Lipinski definition) is 6. The molecule has 1 saturated carbocycles. The summed E-state index contributed by atoms with van der Waals surface area (Å²) in [6, 6.07) is 7.86. The Labute approximate surface area is 170 Å². The minimum atomic E-state index is -0.301. The Hall–Kier alpha value is -2.22. The molecule has 1 N–H and O–H groups in total. The molecule has 1 heterocycles. The fourth-order valence-corrected chi connectivity index (χ4v) is 4.25. The number of methoxy groups -OCH3 is 1. The average molecular weight is 405 g/mol. The van der Waals surface area contributed by atoms with E-state index in [-0.39, 0.29) is 12.0 Å². The van der Waals surface area contributed by atoms with Gasteiger partial charge in [0.1, 0.15) is 0 Å². The molecule has 1 aromatic carbocycles. The van der Waals surface area contributed by atoms with Crippen LogP contribution in [0.5, 0.6) is 11.5 Å². The SMILES string of the molecule is CCn1c(SCC(=O)NC2CCCC2)nnc1C(C)Oc1ccccc1OC. The molecule has 8 heteroatoms. The van der Waals surface area contributed by atoms with E-state index in [0.29, 0.717) is 29.8 Å². The van der Waals surface area contributed by atoms with Crippen LogP contribution < -0.4 is 14.8 Å². The quantitative estimate of drug-likeness (QED) is 0.644. The molecule has 0 saturated heterocycles. The number of amides is 1. The Kier molecular flexibility index (Phi) is 7.19. The highest BCUT2D eigenvalue weighted by atomic mass is 32.2. The van der Waals surface area contributed by atoms with E-state index in [2.05, 4.69) is 15.5 Å².